The summed E-state index contributed by atoms with van der Waals surface area (Å²) < 4.78 is 5.83. The van der Waals surface area contributed by atoms with E-state index in [0.29, 0.717) is 12.2 Å². The van der Waals surface area contributed by atoms with Gasteiger partial charge in [-0.1, -0.05) is 24.3 Å². The number of rotatable bonds is 1. The molecule has 0 aromatic heterocycles. The Morgan fingerprint density at radius 3 is 2.58 bits per heavy atom. The number of aliphatic hydroxyl groups is 1. The van der Waals surface area contributed by atoms with Gasteiger partial charge in [-0.3, -0.25) is 0 Å². The van der Waals surface area contributed by atoms with Crippen molar-refractivity contribution in [3.63, 3.8) is 0 Å². The Kier molecular flexibility index (Phi) is 2.80. The monoisotopic (exact) mass is 258 g/mol. The summed E-state index contributed by atoms with van der Waals surface area (Å²) in [6.45, 7) is 0. The number of benzene rings is 2. The van der Waals surface area contributed by atoms with Crippen LogP contribution in [-0.2, 0) is 0 Å². The average Bonchev–Trinajstić information content (AvgIpc) is 2.42. The summed E-state index contributed by atoms with van der Waals surface area (Å²) in [5, 5.41) is 29.0. The third kappa shape index (κ3) is 2.11. The van der Waals surface area contributed by atoms with Crippen LogP contribution in [0.2, 0.25) is 0 Å². The molecule has 0 aliphatic carbocycles. The first kappa shape index (κ1) is 11.9. The van der Waals surface area contributed by atoms with E-state index in [-0.39, 0.29) is 17.6 Å². The lowest BCUT2D eigenvalue weighted by Gasteiger charge is -2.29. The number of aliphatic hydroxyl groups excluding tert-OH is 1. The van der Waals surface area contributed by atoms with E-state index in [9.17, 15) is 15.3 Å². The van der Waals surface area contributed by atoms with Crippen LogP contribution < -0.4 is 4.74 Å². The molecule has 3 rings (SSSR count). The van der Waals surface area contributed by atoms with Crippen molar-refractivity contribution in [3.05, 3.63) is 53.6 Å². The molecule has 0 saturated heterocycles. The minimum Gasteiger partial charge on any atom is -0.504 e. The molecule has 0 unspecified atom stereocenters. The number of para-hydroxylation sites is 1. The van der Waals surface area contributed by atoms with Gasteiger partial charge in [-0.15, -0.1) is 0 Å². The zero-order valence-electron chi connectivity index (χ0n) is 10.2. The molecule has 1 heterocycles. The van der Waals surface area contributed by atoms with E-state index in [1.807, 2.05) is 24.3 Å². The molecule has 19 heavy (non-hydrogen) atoms. The maximum atomic E-state index is 10.1. The summed E-state index contributed by atoms with van der Waals surface area (Å²) in [7, 11) is 0. The second-order valence-corrected chi connectivity index (χ2v) is 4.64. The first-order valence-corrected chi connectivity index (χ1v) is 6.10. The summed E-state index contributed by atoms with van der Waals surface area (Å²) in [5.41, 5.74) is 1.51. The smallest absolute Gasteiger partial charge is 0.157 e. The molecule has 0 fully saturated rings. The van der Waals surface area contributed by atoms with Crippen molar-refractivity contribution in [2.75, 3.05) is 0 Å². The number of aromatic hydroxyl groups is 2. The standard InChI is InChI=1S/C15H14O4/c16-11-6-5-9(7-13(11)18)15-8-12(17)10-3-1-2-4-14(10)19-15/h1-7,12,15-18H,8H2/t12-,15+/m1/s1. The molecule has 98 valence electrons. The quantitative estimate of drug-likeness (QED) is 0.688. The molecule has 0 bridgehead atoms. The van der Waals surface area contributed by atoms with Crippen LogP contribution >= 0.6 is 0 Å². The molecule has 0 amide bonds. The van der Waals surface area contributed by atoms with Gasteiger partial charge in [-0.25, -0.2) is 0 Å². The largest absolute Gasteiger partial charge is 0.504 e. The van der Waals surface area contributed by atoms with Crippen LogP contribution in [0.3, 0.4) is 0 Å². The molecule has 2 aromatic rings. The molecular formula is C15H14O4. The van der Waals surface area contributed by atoms with Gasteiger partial charge >= 0.3 is 0 Å². The maximum Gasteiger partial charge on any atom is 0.157 e. The maximum absolute atomic E-state index is 10.1. The van der Waals surface area contributed by atoms with Gasteiger partial charge in [0.15, 0.2) is 11.5 Å². The van der Waals surface area contributed by atoms with Crippen molar-refractivity contribution in [3.8, 4) is 17.2 Å². The van der Waals surface area contributed by atoms with E-state index in [4.69, 9.17) is 4.74 Å². The molecule has 4 nitrogen and oxygen atoms in total. The molecule has 4 heteroatoms. The molecule has 3 N–H and O–H groups in total. The summed E-state index contributed by atoms with van der Waals surface area (Å²) in [6.07, 6.45) is -0.511. The summed E-state index contributed by atoms with van der Waals surface area (Å²) in [5.74, 6) is 0.300. The first-order chi connectivity index (χ1) is 9.15. The van der Waals surface area contributed by atoms with Crippen molar-refractivity contribution < 1.29 is 20.1 Å². The molecule has 0 spiro atoms. The second kappa shape index (κ2) is 4.48. The summed E-state index contributed by atoms with van der Waals surface area (Å²) >= 11 is 0. The number of fused-ring (bicyclic) bond motifs is 1. The normalized spacial score (nSPS) is 21.5. The Balaban J connectivity index is 1.94. The van der Waals surface area contributed by atoms with Crippen LogP contribution in [0.4, 0.5) is 0 Å². The topological polar surface area (TPSA) is 69.9 Å². The van der Waals surface area contributed by atoms with Gasteiger partial charge in [0.1, 0.15) is 11.9 Å². The highest BCUT2D eigenvalue weighted by atomic mass is 16.5. The SMILES string of the molecule is Oc1ccc([C@@H]2C[C@@H](O)c3ccccc3O2)cc1O. The molecule has 0 saturated carbocycles. The van der Waals surface area contributed by atoms with Crippen molar-refractivity contribution in [2.24, 2.45) is 0 Å². The van der Waals surface area contributed by atoms with Crippen LogP contribution in [0.25, 0.3) is 0 Å². The zero-order valence-corrected chi connectivity index (χ0v) is 10.2. The van der Waals surface area contributed by atoms with E-state index < -0.39 is 6.10 Å². The first-order valence-electron chi connectivity index (χ1n) is 6.10. The molecular weight excluding hydrogens is 244 g/mol. The molecule has 1 aliphatic heterocycles. The fraction of sp³-hybridized carbons (Fsp3) is 0.200. The highest BCUT2D eigenvalue weighted by Crippen LogP contribution is 2.41. The van der Waals surface area contributed by atoms with Crippen LogP contribution in [0.1, 0.15) is 29.8 Å². The summed E-state index contributed by atoms with van der Waals surface area (Å²) in [6, 6.07) is 11.9. The molecule has 0 radical (unpaired) electrons. The Hall–Kier alpha value is -2.20. The molecule has 2 atom stereocenters. The number of ether oxygens (including phenoxy) is 1. The van der Waals surface area contributed by atoms with Gasteiger partial charge in [-0.05, 0) is 23.8 Å². The number of phenols is 2. The van der Waals surface area contributed by atoms with Gasteiger partial charge in [0.25, 0.3) is 0 Å². The number of phenolic OH excluding ortho intramolecular Hbond substituents is 2. The minimum absolute atomic E-state index is 0.166. The third-order valence-corrected chi connectivity index (χ3v) is 3.36. The van der Waals surface area contributed by atoms with Gasteiger partial charge in [0.05, 0.1) is 6.10 Å². The Morgan fingerprint density at radius 2 is 1.79 bits per heavy atom. The van der Waals surface area contributed by atoms with Gasteiger partial charge in [-0.2, -0.15) is 0 Å². The lowest BCUT2D eigenvalue weighted by molar-refractivity contribution is 0.0656. The van der Waals surface area contributed by atoms with Crippen LogP contribution in [0, 0.1) is 0 Å². The summed E-state index contributed by atoms with van der Waals surface area (Å²) in [4.78, 5) is 0. The van der Waals surface area contributed by atoms with Gasteiger partial charge in [0, 0.05) is 12.0 Å². The predicted molar refractivity (Wildman–Crippen MR) is 69.2 cm³/mol. The fourth-order valence-corrected chi connectivity index (χ4v) is 2.34. The average molecular weight is 258 g/mol. The Morgan fingerprint density at radius 1 is 1.00 bits per heavy atom. The van der Waals surface area contributed by atoms with Crippen LogP contribution in [-0.4, -0.2) is 15.3 Å². The minimum atomic E-state index is -0.592. The molecule has 1 aliphatic rings. The lowest BCUT2D eigenvalue weighted by atomic mass is 9.95. The number of hydrogen-bond acceptors (Lipinski definition) is 4. The van der Waals surface area contributed by atoms with Crippen LogP contribution in [0.15, 0.2) is 42.5 Å². The van der Waals surface area contributed by atoms with Crippen molar-refractivity contribution >= 4 is 0 Å². The highest BCUT2D eigenvalue weighted by molar-refractivity contribution is 5.43. The van der Waals surface area contributed by atoms with Gasteiger partial charge < -0.3 is 20.1 Å². The lowest BCUT2D eigenvalue weighted by Crippen LogP contribution is -2.18. The van der Waals surface area contributed by atoms with Gasteiger partial charge in [0.2, 0.25) is 0 Å². The second-order valence-electron chi connectivity index (χ2n) is 4.64. The molecule has 2 aromatic carbocycles. The zero-order chi connectivity index (χ0) is 13.4. The highest BCUT2D eigenvalue weighted by Gasteiger charge is 2.28. The van der Waals surface area contributed by atoms with E-state index in [0.717, 1.165) is 11.1 Å². The third-order valence-electron chi connectivity index (χ3n) is 3.36. The van der Waals surface area contributed by atoms with Crippen molar-refractivity contribution in [1.82, 2.24) is 0 Å². The predicted octanol–water partition coefficient (Wildman–Crippen LogP) is 2.66. The van der Waals surface area contributed by atoms with E-state index in [2.05, 4.69) is 0 Å². The number of hydrogen-bond donors (Lipinski definition) is 3. The Bertz CT molecular complexity index is 609. The Labute approximate surface area is 110 Å². The van der Waals surface area contributed by atoms with Crippen molar-refractivity contribution in [1.29, 1.82) is 0 Å². The van der Waals surface area contributed by atoms with E-state index in [1.54, 1.807) is 6.07 Å². The fourth-order valence-electron chi connectivity index (χ4n) is 2.34. The van der Waals surface area contributed by atoms with Crippen molar-refractivity contribution in [2.45, 2.75) is 18.6 Å². The van der Waals surface area contributed by atoms with Crippen LogP contribution in [0.5, 0.6) is 17.2 Å². The van der Waals surface area contributed by atoms with E-state index >= 15 is 0 Å². The van der Waals surface area contributed by atoms with E-state index in [1.165, 1.54) is 12.1 Å².